The van der Waals surface area contributed by atoms with E-state index in [0.29, 0.717) is 12.7 Å². The number of fused-ring (bicyclic) bond motifs is 1. The Labute approximate surface area is 184 Å². The molecule has 2 aliphatic rings. The standard InChI is InChI=1S/C23H33N5O3/c1-16-17(2)31-22(27-16)14-28-10-7-19(8-11-28)13-26-23(24-3)25-9-6-18-4-5-20-21(12-18)30-15-29-20/h4-5,12,19H,6-11,13-15H2,1-3H3,(H2,24,25,26). The number of guanidine groups is 1. The van der Waals surface area contributed by atoms with Crippen molar-refractivity contribution in [2.24, 2.45) is 10.9 Å². The van der Waals surface area contributed by atoms with Crippen LogP contribution in [-0.4, -0.2) is 55.9 Å². The van der Waals surface area contributed by atoms with E-state index in [4.69, 9.17) is 13.9 Å². The highest BCUT2D eigenvalue weighted by Gasteiger charge is 2.21. The molecule has 0 aliphatic carbocycles. The molecular weight excluding hydrogens is 394 g/mol. The predicted molar refractivity (Wildman–Crippen MR) is 120 cm³/mol. The molecule has 0 unspecified atom stereocenters. The molecular formula is C23H33N5O3. The van der Waals surface area contributed by atoms with E-state index < -0.39 is 0 Å². The molecule has 0 bridgehead atoms. The van der Waals surface area contributed by atoms with Crippen LogP contribution in [0.25, 0.3) is 0 Å². The van der Waals surface area contributed by atoms with Gasteiger partial charge in [0.1, 0.15) is 5.76 Å². The summed E-state index contributed by atoms with van der Waals surface area (Å²) >= 11 is 0. The second kappa shape index (κ2) is 10.0. The van der Waals surface area contributed by atoms with E-state index in [0.717, 1.165) is 73.9 Å². The Hall–Kier alpha value is -2.74. The minimum atomic E-state index is 0.311. The molecule has 2 N–H and O–H groups in total. The fourth-order valence-corrected chi connectivity index (χ4v) is 4.03. The van der Waals surface area contributed by atoms with Gasteiger partial charge in [0, 0.05) is 20.1 Å². The van der Waals surface area contributed by atoms with E-state index in [9.17, 15) is 0 Å². The van der Waals surface area contributed by atoms with Crippen molar-refractivity contribution in [3.8, 4) is 11.5 Å². The van der Waals surface area contributed by atoms with E-state index in [1.807, 2.05) is 27.0 Å². The molecule has 0 spiro atoms. The van der Waals surface area contributed by atoms with Crippen molar-refractivity contribution < 1.29 is 13.9 Å². The SMILES string of the molecule is CN=C(NCCc1ccc2c(c1)OCO2)NCC1CCN(Cc2nc(C)c(C)o2)CC1. The van der Waals surface area contributed by atoms with E-state index in [1.165, 1.54) is 18.4 Å². The van der Waals surface area contributed by atoms with Gasteiger partial charge in [-0.1, -0.05) is 6.07 Å². The highest BCUT2D eigenvalue weighted by Crippen LogP contribution is 2.32. The summed E-state index contributed by atoms with van der Waals surface area (Å²) in [5.41, 5.74) is 2.21. The first-order valence-corrected chi connectivity index (χ1v) is 11.1. The van der Waals surface area contributed by atoms with Crippen LogP contribution in [0.3, 0.4) is 0 Å². The lowest BCUT2D eigenvalue weighted by molar-refractivity contribution is 0.164. The number of aliphatic imine (C=N–C) groups is 1. The van der Waals surface area contributed by atoms with E-state index >= 15 is 0 Å². The van der Waals surface area contributed by atoms with Gasteiger partial charge >= 0.3 is 0 Å². The van der Waals surface area contributed by atoms with Gasteiger partial charge in [-0.05, 0) is 69.8 Å². The number of hydrogen-bond acceptors (Lipinski definition) is 6. The fraction of sp³-hybridized carbons (Fsp3) is 0.565. The Balaban J connectivity index is 1.14. The van der Waals surface area contributed by atoms with Gasteiger partial charge in [0.2, 0.25) is 12.7 Å². The zero-order valence-corrected chi connectivity index (χ0v) is 18.7. The maximum absolute atomic E-state index is 5.73. The largest absolute Gasteiger partial charge is 0.454 e. The maximum Gasteiger partial charge on any atom is 0.231 e. The highest BCUT2D eigenvalue weighted by molar-refractivity contribution is 5.79. The number of nitrogens with zero attached hydrogens (tertiary/aromatic N) is 3. The lowest BCUT2D eigenvalue weighted by Gasteiger charge is -2.31. The van der Waals surface area contributed by atoms with Crippen LogP contribution in [0.4, 0.5) is 0 Å². The molecule has 2 aliphatic heterocycles. The first-order chi connectivity index (χ1) is 15.1. The van der Waals surface area contributed by atoms with Crippen LogP contribution in [0.15, 0.2) is 27.6 Å². The van der Waals surface area contributed by atoms with Crippen molar-refractivity contribution in [3.63, 3.8) is 0 Å². The molecule has 3 heterocycles. The zero-order valence-electron chi connectivity index (χ0n) is 18.7. The minimum Gasteiger partial charge on any atom is -0.454 e. The van der Waals surface area contributed by atoms with Gasteiger partial charge in [0.25, 0.3) is 0 Å². The molecule has 0 radical (unpaired) electrons. The molecule has 0 saturated carbocycles. The van der Waals surface area contributed by atoms with Crippen LogP contribution in [-0.2, 0) is 13.0 Å². The number of benzene rings is 1. The number of aromatic nitrogens is 1. The van der Waals surface area contributed by atoms with Crippen molar-refractivity contribution >= 4 is 5.96 Å². The Morgan fingerprint density at radius 2 is 1.97 bits per heavy atom. The summed E-state index contributed by atoms with van der Waals surface area (Å²) in [6, 6.07) is 6.11. The van der Waals surface area contributed by atoms with Gasteiger partial charge < -0.3 is 24.5 Å². The van der Waals surface area contributed by atoms with E-state index in [1.54, 1.807) is 0 Å². The summed E-state index contributed by atoms with van der Waals surface area (Å²) in [5, 5.41) is 6.90. The van der Waals surface area contributed by atoms with Crippen LogP contribution >= 0.6 is 0 Å². The van der Waals surface area contributed by atoms with Crippen molar-refractivity contribution in [3.05, 3.63) is 41.1 Å². The topological polar surface area (TPSA) is 84.2 Å². The van der Waals surface area contributed by atoms with Gasteiger partial charge in [0.15, 0.2) is 17.5 Å². The number of ether oxygens (including phenoxy) is 2. The predicted octanol–water partition coefficient (Wildman–Crippen LogP) is 2.64. The zero-order chi connectivity index (χ0) is 21.6. The minimum absolute atomic E-state index is 0.311. The van der Waals surface area contributed by atoms with Crippen LogP contribution in [0.5, 0.6) is 11.5 Å². The molecule has 1 fully saturated rings. The lowest BCUT2D eigenvalue weighted by Crippen LogP contribution is -2.43. The second-order valence-corrected chi connectivity index (χ2v) is 8.29. The molecule has 168 valence electrons. The van der Waals surface area contributed by atoms with Crippen LogP contribution in [0, 0.1) is 19.8 Å². The second-order valence-electron chi connectivity index (χ2n) is 8.29. The fourth-order valence-electron chi connectivity index (χ4n) is 4.03. The molecule has 1 saturated heterocycles. The summed E-state index contributed by atoms with van der Waals surface area (Å²) < 4.78 is 16.5. The molecule has 2 aromatic rings. The van der Waals surface area contributed by atoms with Crippen molar-refractivity contribution in [2.75, 3.05) is 40.0 Å². The van der Waals surface area contributed by atoms with Gasteiger partial charge in [0.05, 0.1) is 12.2 Å². The number of aryl methyl sites for hydroxylation is 2. The maximum atomic E-state index is 5.73. The number of piperidine rings is 1. The average molecular weight is 428 g/mol. The molecule has 0 atom stereocenters. The summed E-state index contributed by atoms with van der Waals surface area (Å²) in [6.45, 7) is 8.98. The van der Waals surface area contributed by atoms with Crippen molar-refractivity contribution in [1.29, 1.82) is 0 Å². The van der Waals surface area contributed by atoms with Gasteiger partial charge in [-0.2, -0.15) is 0 Å². The van der Waals surface area contributed by atoms with Gasteiger partial charge in [-0.15, -0.1) is 0 Å². The molecule has 4 rings (SSSR count). The van der Waals surface area contributed by atoms with Crippen molar-refractivity contribution in [2.45, 2.75) is 39.7 Å². The van der Waals surface area contributed by atoms with Crippen molar-refractivity contribution in [1.82, 2.24) is 20.5 Å². The third-order valence-electron chi connectivity index (χ3n) is 6.06. The molecule has 1 aromatic heterocycles. The summed E-state index contributed by atoms with van der Waals surface area (Å²) in [6.07, 6.45) is 3.23. The van der Waals surface area contributed by atoms with Gasteiger partial charge in [-0.25, -0.2) is 4.98 Å². The molecule has 1 aromatic carbocycles. The Morgan fingerprint density at radius 3 is 2.71 bits per heavy atom. The number of rotatable bonds is 7. The molecule has 8 heteroatoms. The van der Waals surface area contributed by atoms with E-state index in [-0.39, 0.29) is 0 Å². The number of nitrogens with one attached hydrogen (secondary N) is 2. The third-order valence-corrected chi connectivity index (χ3v) is 6.06. The van der Waals surface area contributed by atoms with Crippen LogP contribution in [0.2, 0.25) is 0 Å². The Morgan fingerprint density at radius 1 is 1.16 bits per heavy atom. The summed E-state index contributed by atoms with van der Waals surface area (Å²) in [5.74, 6) is 4.92. The van der Waals surface area contributed by atoms with E-state index in [2.05, 4.69) is 37.6 Å². The third kappa shape index (κ3) is 5.70. The Bertz CT molecular complexity index is 883. The Kier molecular flexibility index (Phi) is 6.96. The monoisotopic (exact) mass is 427 g/mol. The molecule has 0 amide bonds. The first-order valence-electron chi connectivity index (χ1n) is 11.1. The highest BCUT2D eigenvalue weighted by atomic mass is 16.7. The average Bonchev–Trinajstić information content (AvgIpc) is 3.37. The molecule has 8 nitrogen and oxygen atoms in total. The normalized spacial score (nSPS) is 17.2. The summed E-state index contributed by atoms with van der Waals surface area (Å²) in [4.78, 5) is 11.3. The quantitative estimate of drug-likeness (QED) is 0.519. The number of likely N-dealkylation sites (tertiary alicyclic amines) is 1. The van der Waals surface area contributed by atoms with Crippen LogP contribution < -0.4 is 20.1 Å². The number of hydrogen-bond donors (Lipinski definition) is 2. The number of oxazole rings is 1. The van der Waals surface area contributed by atoms with Gasteiger partial charge in [-0.3, -0.25) is 9.89 Å². The first kappa shape index (κ1) is 21.5. The smallest absolute Gasteiger partial charge is 0.231 e. The summed E-state index contributed by atoms with van der Waals surface area (Å²) in [7, 11) is 1.82. The van der Waals surface area contributed by atoms with Crippen LogP contribution in [0.1, 0.15) is 35.7 Å². The lowest BCUT2D eigenvalue weighted by atomic mass is 9.97. The molecule has 31 heavy (non-hydrogen) atoms.